The number of hydrogen-bond acceptors (Lipinski definition) is 24. The number of nitrogens with one attached hydrogen (secondary N) is 5. The van der Waals surface area contributed by atoms with Crippen LogP contribution in [0.1, 0.15) is 98.8 Å². The van der Waals surface area contributed by atoms with Crippen LogP contribution in [0.4, 0.5) is 0 Å². The fourth-order valence-corrected chi connectivity index (χ4v) is 3.90. The molecule has 0 saturated heterocycles. The van der Waals surface area contributed by atoms with Gasteiger partial charge in [0.15, 0.2) is 0 Å². The molecule has 0 saturated carbocycles. The molecule has 0 spiro atoms. The number of carbonyl (C=O) groups is 15. The second-order valence-corrected chi connectivity index (χ2v) is 12.9. The van der Waals surface area contributed by atoms with E-state index in [0.29, 0.717) is 0 Å². The van der Waals surface area contributed by atoms with Crippen LogP contribution in [0.25, 0.3) is 0 Å². The molecule has 0 aromatic rings. The maximum Gasteiger partial charge on any atom is 3.00 e. The van der Waals surface area contributed by atoms with Gasteiger partial charge < -0.3 is 127 Å². The summed E-state index contributed by atoms with van der Waals surface area (Å²) >= 11 is 0. The first-order chi connectivity index (χ1) is 29.7. The van der Waals surface area contributed by atoms with Crippen molar-refractivity contribution in [3.63, 3.8) is 0 Å². The average molecular weight is 1080 g/mol. The topological polar surface area (TPSA) is 682 Å². The number of primary amides is 5. The van der Waals surface area contributed by atoms with E-state index in [1.807, 2.05) is 0 Å². The van der Waals surface area contributed by atoms with Crippen molar-refractivity contribution in [2.45, 2.75) is 129 Å². The first-order valence-electron chi connectivity index (χ1n) is 18.5. The molecule has 0 heterocycles. The van der Waals surface area contributed by atoms with E-state index in [9.17, 15) is 97.5 Å². The number of carboxylic acid groups (broad SMARTS) is 5. The zero-order valence-electron chi connectivity index (χ0n) is 39.5. The minimum atomic E-state index is -1.42. The summed E-state index contributed by atoms with van der Waals surface area (Å²) in [4.78, 5) is 156. The molecule has 0 bridgehead atoms. The normalized spacial score (nSPS) is 10.6. The number of aliphatic carboxylic acids is 5. The number of carbonyl (C=O) groups excluding carboxylic acids is 15. The minimum absolute atomic E-state index is 0. The van der Waals surface area contributed by atoms with Gasteiger partial charge in [0, 0.05) is 66.7 Å². The summed E-state index contributed by atoms with van der Waals surface area (Å²) in [5, 5.41) is 62.5. The molecule has 0 rings (SSSR count). The van der Waals surface area contributed by atoms with Gasteiger partial charge in [-0.2, -0.15) is 0 Å². The molecule has 0 aliphatic rings. The first kappa shape index (κ1) is 95.2. The molecule has 402 valence electrons. The Bertz CT molecular complexity index is 1440. The van der Waals surface area contributed by atoms with Crippen molar-refractivity contribution in [1.82, 2.24) is 26.6 Å². The zero-order valence-corrected chi connectivity index (χ0v) is 43.0. The largest absolute Gasteiger partial charge is 3.00 e. The van der Waals surface area contributed by atoms with Crippen molar-refractivity contribution in [3.8, 4) is 0 Å². The van der Waals surface area contributed by atoms with E-state index < -0.39 is 119 Å². The summed E-state index contributed by atoms with van der Waals surface area (Å²) in [7, 11) is 0. The number of rotatable bonds is 25. The molecule has 34 nitrogen and oxygen atoms in total. The fraction of sp³-hybridized carbons (Fsp3) is 0.571. The number of hydrogen-bond donors (Lipinski definition) is 10. The van der Waals surface area contributed by atoms with Gasteiger partial charge in [0.2, 0.25) is 59.1 Å². The predicted octanol–water partition coefficient (Wildman–Crippen LogP) is -14.3. The summed E-state index contributed by atoms with van der Waals surface area (Å²) in [5.41, 5.74) is 24.0. The molecule has 0 aliphatic heterocycles. The molecule has 37 heteroatoms. The van der Waals surface area contributed by atoms with Crippen LogP contribution in [0.2, 0.25) is 0 Å². The van der Waals surface area contributed by atoms with Crippen LogP contribution < -0.4 is 80.8 Å². The third-order valence-corrected chi connectivity index (χ3v) is 6.71. The summed E-state index contributed by atoms with van der Waals surface area (Å²) in [6.07, 6.45) is -0.713. The van der Waals surface area contributed by atoms with Gasteiger partial charge in [-0.25, -0.2) is 0 Å². The van der Waals surface area contributed by atoms with Crippen LogP contribution in [0, 0.1) is 0 Å². The fourth-order valence-electron chi connectivity index (χ4n) is 3.90. The molecule has 72 heavy (non-hydrogen) atoms. The van der Waals surface area contributed by atoms with Crippen LogP contribution in [-0.4, -0.2) is 193 Å². The van der Waals surface area contributed by atoms with Gasteiger partial charge in [-0.05, 0) is 32.1 Å². The molecule has 0 radical (unpaired) electrons. The Morgan fingerprint density at radius 1 is 0.292 bits per heavy atom. The third kappa shape index (κ3) is 72.5. The molecule has 0 unspecified atom stereocenters. The summed E-state index contributed by atoms with van der Waals surface area (Å²) in [6.45, 7) is 5.90. The van der Waals surface area contributed by atoms with Crippen molar-refractivity contribution in [1.29, 1.82) is 0 Å². The maximum atomic E-state index is 10.5. The Kier molecular flexibility index (Phi) is 73.3. The predicted molar refractivity (Wildman–Crippen MR) is 230 cm³/mol. The van der Waals surface area contributed by atoms with Gasteiger partial charge in [-0.15, -0.1) is 0 Å². The Morgan fingerprint density at radius 3 is 0.444 bits per heavy atom. The zero-order chi connectivity index (χ0) is 52.2. The van der Waals surface area contributed by atoms with Gasteiger partial charge in [0.1, 0.15) is 0 Å². The van der Waals surface area contributed by atoms with Crippen LogP contribution in [0.5, 0.6) is 0 Å². The Morgan fingerprint density at radius 2 is 0.389 bits per heavy atom. The molecule has 0 aromatic carbocycles. The molecule has 10 amide bonds. The molecular formula is C35H59Al3N10O24. The molecular weight excluding hydrogens is 1030 g/mol. The maximum absolute atomic E-state index is 10.5. The molecule has 19 N–H and O–H groups in total. The minimum Gasteiger partial charge on any atom is -0.870 e. The van der Waals surface area contributed by atoms with E-state index in [1.165, 1.54) is 34.6 Å². The second-order valence-electron chi connectivity index (χ2n) is 12.9. The number of amides is 10. The van der Waals surface area contributed by atoms with Crippen LogP contribution >= 0.6 is 0 Å². The molecule has 0 aliphatic carbocycles. The second kappa shape index (κ2) is 55.4. The number of carboxylic acids is 5. The summed E-state index contributed by atoms with van der Waals surface area (Å²) < 4.78 is 0. The van der Waals surface area contributed by atoms with Crippen molar-refractivity contribution >= 4 is 141 Å². The molecule has 5 atom stereocenters. The van der Waals surface area contributed by atoms with E-state index >= 15 is 0 Å². The SMILES string of the molecule is CC(=O)N[C@H](CCC(N)=O)C(=O)[O-].CC(=O)N[C@H](CCC(N)=O)C(=O)[O-].CC(=O)N[C@H](CCC(N)=O)C(=O)[O-].CC(=O)N[C@H](CCC(N)=O)C(=O)[O-].CC(=O)N[C@H](CCC(N)=O)C(=O)[O-].[Al+3].[Al+3].[Al+3].[OH-].[OH-].[OH-].[OH-]. The van der Waals surface area contributed by atoms with E-state index in [2.05, 4.69) is 26.6 Å². The smallest absolute Gasteiger partial charge is 0.870 e. The molecule has 0 aromatic heterocycles. The Balaban J connectivity index is -0.0000000610. The average Bonchev–Trinajstić information content (AvgIpc) is 3.13. The van der Waals surface area contributed by atoms with Crippen molar-refractivity contribution < 1.29 is 119 Å². The number of nitrogens with two attached hydrogens (primary N) is 5. The quantitative estimate of drug-likeness (QED) is 0.0380. The van der Waals surface area contributed by atoms with Crippen LogP contribution in [0.15, 0.2) is 0 Å². The van der Waals surface area contributed by atoms with Crippen molar-refractivity contribution in [2.24, 2.45) is 28.7 Å². The van der Waals surface area contributed by atoms with Crippen LogP contribution in [-0.2, 0) is 71.9 Å². The van der Waals surface area contributed by atoms with Gasteiger partial charge >= 0.3 is 52.1 Å². The summed E-state index contributed by atoms with van der Waals surface area (Å²) in [6, 6.07) is -5.74. The third-order valence-electron chi connectivity index (χ3n) is 6.71. The first-order valence-corrected chi connectivity index (χ1v) is 18.5. The van der Waals surface area contributed by atoms with E-state index in [-0.39, 0.29) is 138 Å². The Hall–Kier alpha value is -6.51. The van der Waals surface area contributed by atoms with E-state index in [4.69, 9.17) is 28.7 Å². The monoisotopic (exact) mass is 1080 g/mol. The summed E-state index contributed by atoms with van der Waals surface area (Å²) in [5.74, 6) is -12.6. The van der Waals surface area contributed by atoms with Gasteiger partial charge in [0.25, 0.3) is 0 Å². The van der Waals surface area contributed by atoms with Gasteiger partial charge in [-0.3, -0.25) is 47.9 Å². The Labute approximate surface area is 443 Å². The van der Waals surface area contributed by atoms with Crippen molar-refractivity contribution in [2.75, 3.05) is 0 Å². The molecule has 0 fully saturated rings. The van der Waals surface area contributed by atoms with Gasteiger partial charge in [-0.1, -0.05) is 0 Å². The van der Waals surface area contributed by atoms with Crippen molar-refractivity contribution in [3.05, 3.63) is 0 Å². The van der Waals surface area contributed by atoms with E-state index in [1.54, 1.807) is 0 Å². The van der Waals surface area contributed by atoms with E-state index in [0.717, 1.165) is 0 Å². The standard InChI is InChI=1S/5C7H12N2O4.3Al.4H2O/c5*1-4(10)9-5(7(12)13)2-3-6(8)11;;;;;;;/h5*5H,2-3H2,1H3,(H2,8,11)(H,9,10)(H,12,13);;;;4*1H2/q;;;;;3*+3;;;;/p-9/t5*5-;;;;;;;/m11111......./s1. The van der Waals surface area contributed by atoms with Crippen LogP contribution in [0.3, 0.4) is 0 Å². The van der Waals surface area contributed by atoms with Gasteiger partial charge in [0.05, 0.1) is 60.1 Å².